The number of carbonyl (C=O) groups is 2. The van der Waals surface area contributed by atoms with Crippen molar-refractivity contribution in [2.75, 3.05) is 31.6 Å². The summed E-state index contributed by atoms with van der Waals surface area (Å²) in [6, 6.07) is 8.39. The van der Waals surface area contributed by atoms with Crippen LogP contribution >= 0.6 is 0 Å². The summed E-state index contributed by atoms with van der Waals surface area (Å²) in [6.45, 7) is 12.0. The molecule has 6 rings (SSSR count). The summed E-state index contributed by atoms with van der Waals surface area (Å²) in [5.41, 5.74) is 4.04. The molecule has 1 saturated heterocycles. The van der Waals surface area contributed by atoms with E-state index in [0.29, 0.717) is 63.0 Å². The van der Waals surface area contributed by atoms with Gasteiger partial charge in [-0.2, -0.15) is 5.10 Å². The molecule has 50 heavy (non-hydrogen) atoms. The number of hydrogen-bond donors (Lipinski definition) is 0. The number of ether oxygens (including phenoxy) is 3. The van der Waals surface area contributed by atoms with Gasteiger partial charge < -0.3 is 19.1 Å². The van der Waals surface area contributed by atoms with Crippen LogP contribution in [0.15, 0.2) is 42.9 Å². The largest absolute Gasteiger partial charge is 0.495 e. The average molecular weight is 687 g/mol. The molecule has 2 saturated carbocycles. The van der Waals surface area contributed by atoms with Crippen molar-refractivity contribution in [3.63, 3.8) is 0 Å². The first-order valence-electron chi connectivity index (χ1n) is 18.5. The Labute approximate surface area is 296 Å². The highest BCUT2D eigenvalue weighted by Crippen LogP contribution is 2.38. The van der Waals surface area contributed by atoms with Gasteiger partial charge in [-0.1, -0.05) is 0 Å². The number of likely N-dealkylation sites (tertiary alicyclic amines) is 1. The van der Waals surface area contributed by atoms with Gasteiger partial charge in [0, 0.05) is 48.1 Å². The molecule has 0 bridgehead atoms. The second-order valence-corrected chi connectivity index (χ2v) is 15.0. The molecule has 1 aliphatic heterocycles. The first-order valence-corrected chi connectivity index (χ1v) is 18.5. The van der Waals surface area contributed by atoms with Gasteiger partial charge in [-0.25, -0.2) is 9.78 Å². The maximum atomic E-state index is 14.4. The summed E-state index contributed by atoms with van der Waals surface area (Å²) >= 11 is 0. The zero-order valence-corrected chi connectivity index (χ0v) is 30.6. The third-order valence-electron chi connectivity index (χ3n) is 10.6. The Hall–Kier alpha value is -3.99. The van der Waals surface area contributed by atoms with E-state index in [0.717, 1.165) is 53.9 Å². The van der Waals surface area contributed by atoms with Crippen LogP contribution in [0.25, 0.3) is 11.1 Å². The van der Waals surface area contributed by atoms with E-state index in [1.54, 1.807) is 18.2 Å². The predicted molar refractivity (Wildman–Crippen MR) is 192 cm³/mol. The van der Waals surface area contributed by atoms with Gasteiger partial charge in [0.15, 0.2) is 0 Å². The third kappa shape index (κ3) is 8.48. The van der Waals surface area contributed by atoms with Crippen LogP contribution in [0.1, 0.15) is 102 Å². The van der Waals surface area contributed by atoms with E-state index >= 15 is 0 Å². The predicted octanol–water partition coefficient (Wildman–Crippen LogP) is 7.35. The number of aromatic nitrogens is 4. The molecule has 0 atom stereocenters. The molecule has 11 nitrogen and oxygen atoms in total. The van der Waals surface area contributed by atoms with E-state index < -0.39 is 0 Å². The number of anilines is 1. The van der Waals surface area contributed by atoms with E-state index in [2.05, 4.69) is 25.0 Å². The van der Waals surface area contributed by atoms with Crippen molar-refractivity contribution in [1.82, 2.24) is 24.6 Å². The van der Waals surface area contributed by atoms with Crippen molar-refractivity contribution in [3.8, 4) is 16.9 Å². The van der Waals surface area contributed by atoms with E-state index in [4.69, 9.17) is 24.2 Å². The Morgan fingerprint density at radius 3 is 2.32 bits per heavy atom. The molecule has 0 spiro atoms. The first-order chi connectivity index (χ1) is 24.1. The first kappa shape index (κ1) is 35.8. The molecule has 3 aliphatic rings. The minimum Gasteiger partial charge on any atom is -0.495 e. The number of amides is 2. The Balaban J connectivity index is 1.12. The number of hydrogen-bond acceptors (Lipinski definition) is 8. The number of methoxy groups -OCH3 is 1. The molecule has 3 aromatic heterocycles. The van der Waals surface area contributed by atoms with Crippen molar-refractivity contribution in [3.05, 3.63) is 54.2 Å². The van der Waals surface area contributed by atoms with Gasteiger partial charge in [0.05, 0.1) is 44.3 Å². The molecular weight excluding hydrogens is 632 g/mol. The lowest BCUT2D eigenvalue weighted by molar-refractivity contribution is -0.124. The van der Waals surface area contributed by atoms with Crippen molar-refractivity contribution in [2.24, 2.45) is 11.8 Å². The smallest absolute Gasteiger partial charge is 0.410 e. The quantitative estimate of drug-likeness (QED) is 0.206. The minimum absolute atomic E-state index is 0.0822. The zero-order chi connectivity index (χ0) is 35.4. The molecule has 4 heterocycles. The maximum Gasteiger partial charge on any atom is 0.410 e. The third-order valence-corrected chi connectivity index (χ3v) is 10.6. The summed E-state index contributed by atoms with van der Waals surface area (Å²) < 4.78 is 19.0. The monoisotopic (exact) mass is 686 g/mol. The van der Waals surface area contributed by atoms with Crippen molar-refractivity contribution < 1.29 is 23.8 Å². The van der Waals surface area contributed by atoms with E-state index in [1.807, 2.05) is 60.9 Å². The number of nitrogens with zero attached hydrogens (tertiary/aromatic N) is 6. The summed E-state index contributed by atoms with van der Waals surface area (Å²) in [5.74, 6) is 2.24. The van der Waals surface area contributed by atoms with Crippen LogP contribution < -0.4 is 9.64 Å². The number of pyridine rings is 2. The topological polar surface area (TPSA) is 112 Å². The summed E-state index contributed by atoms with van der Waals surface area (Å²) in [7, 11) is 1.68. The Kier molecular flexibility index (Phi) is 11.4. The second-order valence-electron chi connectivity index (χ2n) is 15.0. The molecule has 2 aliphatic carbocycles. The second kappa shape index (κ2) is 15.9. The van der Waals surface area contributed by atoms with Crippen molar-refractivity contribution >= 4 is 17.8 Å². The Morgan fingerprint density at radius 2 is 1.68 bits per heavy atom. The number of aryl methyl sites for hydroxylation is 1. The lowest BCUT2D eigenvalue weighted by atomic mass is 9.79. The standard InChI is InChI=1S/C39H54N6O5/c1-25(2)45-22-32(20-41-45)31-17-18-40-37(19-31)44(21-28-7-9-29(10-8-28)35-15-16-36(48-6)27(5)42-35)38(46)30-11-13-33(14-12-30)50-39(47)43-23-34(24-43)49-26(3)4/h15-20,22,25-26,28-30,33-34H,7-14,21,23-24H2,1-6H3/t28-,29-,30-,33-. The van der Waals surface area contributed by atoms with Crippen molar-refractivity contribution in [1.29, 1.82) is 0 Å². The molecule has 11 heteroatoms. The normalized spacial score (nSPS) is 22.8. The highest BCUT2D eigenvalue weighted by molar-refractivity contribution is 5.94. The molecule has 0 N–H and O–H groups in total. The molecule has 270 valence electrons. The van der Waals surface area contributed by atoms with Crippen molar-refractivity contribution in [2.45, 2.75) is 116 Å². The molecule has 0 radical (unpaired) electrons. The summed E-state index contributed by atoms with van der Waals surface area (Å²) in [4.78, 5) is 40.4. The maximum absolute atomic E-state index is 14.4. The number of carbonyl (C=O) groups excluding carboxylic acids is 2. The van der Waals surface area contributed by atoms with Gasteiger partial charge in [-0.05, 0) is 122 Å². The molecule has 0 unspecified atom stereocenters. The van der Waals surface area contributed by atoms with E-state index in [-0.39, 0.29) is 42.3 Å². The molecule has 0 aromatic carbocycles. The Bertz CT molecular complexity index is 1600. The van der Waals surface area contributed by atoms with Crippen LogP contribution in [-0.4, -0.2) is 81.7 Å². The number of rotatable bonds is 11. The summed E-state index contributed by atoms with van der Waals surface area (Å²) in [5, 5.41) is 4.54. The molecule has 3 fully saturated rings. The van der Waals surface area contributed by atoms with Gasteiger partial charge in [0.2, 0.25) is 5.91 Å². The minimum atomic E-state index is -0.276. The van der Waals surface area contributed by atoms with E-state index in [1.165, 1.54) is 0 Å². The molecule has 2 amide bonds. The van der Waals surface area contributed by atoms with Crippen LogP contribution in [-0.2, 0) is 14.3 Å². The van der Waals surface area contributed by atoms with Gasteiger partial charge in [-0.15, -0.1) is 0 Å². The molecular formula is C39H54N6O5. The lowest BCUT2D eigenvalue weighted by Crippen LogP contribution is -2.56. The summed E-state index contributed by atoms with van der Waals surface area (Å²) in [6.07, 6.45) is 12.3. The van der Waals surface area contributed by atoms with Crippen LogP contribution in [0, 0.1) is 18.8 Å². The average Bonchev–Trinajstić information content (AvgIpc) is 3.60. The fraction of sp³-hybridized carbons (Fsp3) is 0.615. The van der Waals surface area contributed by atoms with Gasteiger partial charge in [0.1, 0.15) is 17.7 Å². The fourth-order valence-corrected chi connectivity index (χ4v) is 7.64. The Morgan fingerprint density at radius 1 is 0.940 bits per heavy atom. The highest BCUT2D eigenvalue weighted by Gasteiger charge is 2.37. The van der Waals surface area contributed by atoms with Crippen LogP contribution in [0.3, 0.4) is 0 Å². The SMILES string of the molecule is COc1ccc([C@H]2CC[C@H](CN(c3cc(-c4cnn(C(C)C)c4)ccn3)C(=O)[C@H]3CC[C@H](OC(=O)N4CC(OC(C)C)C4)CC3)CC2)nc1C. The zero-order valence-electron chi connectivity index (χ0n) is 30.6. The van der Waals surface area contributed by atoms with Gasteiger partial charge >= 0.3 is 6.09 Å². The van der Waals surface area contributed by atoms with Crippen LogP contribution in [0.2, 0.25) is 0 Å². The highest BCUT2D eigenvalue weighted by atomic mass is 16.6. The van der Waals surface area contributed by atoms with Gasteiger partial charge in [0.25, 0.3) is 0 Å². The molecule has 3 aromatic rings. The lowest BCUT2D eigenvalue weighted by Gasteiger charge is -2.40. The fourth-order valence-electron chi connectivity index (χ4n) is 7.64. The van der Waals surface area contributed by atoms with Crippen LogP contribution in [0.5, 0.6) is 5.75 Å². The van der Waals surface area contributed by atoms with Gasteiger partial charge in [-0.3, -0.25) is 19.4 Å². The van der Waals surface area contributed by atoms with Crippen LogP contribution in [0.4, 0.5) is 10.6 Å². The van der Waals surface area contributed by atoms with E-state index in [9.17, 15) is 9.59 Å².